The highest BCUT2D eigenvalue weighted by atomic mass is 79.9. The van der Waals surface area contributed by atoms with Crippen LogP contribution >= 0.6 is 15.9 Å². The van der Waals surface area contributed by atoms with E-state index in [0.717, 1.165) is 4.90 Å². The molecule has 4 nitrogen and oxygen atoms in total. The predicted octanol–water partition coefficient (Wildman–Crippen LogP) is 2.66. The van der Waals surface area contributed by atoms with Crippen LogP contribution in [0.25, 0.3) is 0 Å². The van der Waals surface area contributed by atoms with Gasteiger partial charge < -0.3 is 5.32 Å². The number of nitrogens with one attached hydrogen (secondary N) is 1. The van der Waals surface area contributed by atoms with Crippen LogP contribution in [0.2, 0.25) is 0 Å². The Morgan fingerprint density at radius 2 is 2.11 bits per heavy atom. The van der Waals surface area contributed by atoms with Gasteiger partial charge in [-0.15, -0.1) is 0 Å². The van der Waals surface area contributed by atoms with Crippen LogP contribution in [0.5, 0.6) is 0 Å². The Morgan fingerprint density at radius 3 is 2.63 bits per heavy atom. The van der Waals surface area contributed by atoms with Crippen molar-refractivity contribution in [2.45, 2.75) is 26.4 Å². The summed E-state index contributed by atoms with van der Waals surface area (Å²) in [4.78, 5) is 24.8. The SMILES string of the molecule is CC(C)[C@@H]1NC(=O)N(Cc2ccc(Br)cc2F)C1=O. The van der Waals surface area contributed by atoms with Gasteiger partial charge >= 0.3 is 6.03 Å². The van der Waals surface area contributed by atoms with Gasteiger partial charge in [-0.2, -0.15) is 0 Å². The zero-order chi connectivity index (χ0) is 14.2. The van der Waals surface area contributed by atoms with Gasteiger partial charge in [0.25, 0.3) is 5.91 Å². The summed E-state index contributed by atoms with van der Waals surface area (Å²) in [6.45, 7) is 3.66. The number of amides is 3. The molecule has 19 heavy (non-hydrogen) atoms. The molecule has 0 bridgehead atoms. The minimum atomic E-state index is -0.522. The van der Waals surface area contributed by atoms with E-state index < -0.39 is 17.9 Å². The summed E-state index contributed by atoms with van der Waals surface area (Å²) in [6, 6.07) is 3.56. The van der Waals surface area contributed by atoms with Crippen molar-refractivity contribution in [1.29, 1.82) is 0 Å². The fraction of sp³-hybridized carbons (Fsp3) is 0.385. The van der Waals surface area contributed by atoms with E-state index in [9.17, 15) is 14.0 Å². The number of benzene rings is 1. The highest BCUT2D eigenvalue weighted by Gasteiger charge is 2.39. The number of carbonyl (C=O) groups is 2. The summed E-state index contributed by atoms with van der Waals surface area (Å²) in [5.74, 6) is -0.735. The van der Waals surface area contributed by atoms with Crippen molar-refractivity contribution >= 4 is 27.9 Å². The lowest BCUT2D eigenvalue weighted by Gasteiger charge is -2.15. The number of carbonyl (C=O) groups excluding carboxylic acids is 2. The van der Waals surface area contributed by atoms with E-state index in [2.05, 4.69) is 21.2 Å². The highest BCUT2D eigenvalue weighted by Crippen LogP contribution is 2.20. The van der Waals surface area contributed by atoms with Crippen LogP contribution in [0.1, 0.15) is 19.4 Å². The molecule has 1 saturated heterocycles. The van der Waals surface area contributed by atoms with Crippen LogP contribution in [-0.4, -0.2) is 22.9 Å². The van der Waals surface area contributed by atoms with Crippen LogP contribution in [0.15, 0.2) is 22.7 Å². The Hall–Kier alpha value is -1.43. The molecule has 1 N–H and O–H groups in total. The maximum Gasteiger partial charge on any atom is 0.325 e. The standard InChI is InChI=1S/C13H14BrFN2O2/c1-7(2)11-12(18)17(13(19)16-11)6-8-3-4-9(14)5-10(8)15/h3-5,7,11H,6H2,1-2H3,(H,16,19)/t11-/m0/s1. The minimum absolute atomic E-state index is 0.0104. The first kappa shape index (κ1) is 14.0. The molecule has 1 aromatic carbocycles. The predicted molar refractivity (Wildman–Crippen MR) is 71.8 cm³/mol. The maximum absolute atomic E-state index is 13.7. The summed E-state index contributed by atoms with van der Waals surface area (Å²) in [5, 5.41) is 2.61. The third kappa shape index (κ3) is 2.78. The molecule has 0 radical (unpaired) electrons. The lowest BCUT2D eigenvalue weighted by molar-refractivity contribution is -0.128. The molecule has 1 fully saturated rings. The van der Waals surface area contributed by atoms with Gasteiger partial charge in [0.2, 0.25) is 0 Å². The molecule has 1 aliphatic heterocycles. The van der Waals surface area contributed by atoms with Crippen molar-refractivity contribution < 1.29 is 14.0 Å². The molecular formula is C13H14BrFN2O2. The van der Waals surface area contributed by atoms with Crippen LogP contribution in [0, 0.1) is 11.7 Å². The summed E-state index contributed by atoms with van der Waals surface area (Å²) >= 11 is 3.16. The van der Waals surface area contributed by atoms with Gasteiger partial charge in [-0.25, -0.2) is 9.18 Å². The topological polar surface area (TPSA) is 49.4 Å². The molecule has 0 unspecified atom stereocenters. The van der Waals surface area contributed by atoms with Crippen molar-refractivity contribution in [1.82, 2.24) is 10.2 Å². The molecule has 0 aliphatic carbocycles. The number of nitrogens with zero attached hydrogens (tertiary/aromatic N) is 1. The summed E-state index contributed by atoms with van der Waals surface area (Å²) in [7, 11) is 0. The van der Waals surface area contributed by atoms with Crippen LogP contribution in [0.4, 0.5) is 9.18 Å². The second kappa shape index (κ2) is 5.28. The maximum atomic E-state index is 13.7. The minimum Gasteiger partial charge on any atom is -0.326 e. The summed E-state index contributed by atoms with van der Waals surface area (Å²) in [5.41, 5.74) is 0.316. The Balaban J connectivity index is 2.19. The van der Waals surface area contributed by atoms with E-state index in [4.69, 9.17) is 0 Å². The third-order valence-corrected chi connectivity index (χ3v) is 3.56. The molecular weight excluding hydrogens is 315 g/mol. The first-order chi connectivity index (χ1) is 8.90. The lowest BCUT2D eigenvalue weighted by atomic mass is 10.0. The molecule has 1 atom stereocenters. The largest absolute Gasteiger partial charge is 0.326 e. The fourth-order valence-electron chi connectivity index (χ4n) is 1.96. The third-order valence-electron chi connectivity index (χ3n) is 3.07. The van der Waals surface area contributed by atoms with E-state index >= 15 is 0 Å². The molecule has 0 aromatic heterocycles. The molecule has 102 valence electrons. The number of hydrogen-bond donors (Lipinski definition) is 1. The van der Waals surface area contributed by atoms with Crippen molar-refractivity contribution in [2.75, 3.05) is 0 Å². The number of halogens is 2. The molecule has 1 aliphatic rings. The smallest absolute Gasteiger partial charge is 0.325 e. The van der Waals surface area contributed by atoms with Gasteiger partial charge in [-0.3, -0.25) is 9.69 Å². The monoisotopic (exact) mass is 328 g/mol. The van der Waals surface area contributed by atoms with Crippen molar-refractivity contribution in [3.8, 4) is 0 Å². The van der Waals surface area contributed by atoms with Crippen molar-refractivity contribution in [3.05, 3.63) is 34.1 Å². The van der Waals surface area contributed by atoms with Crippen molar-refractivity contribution in [2.24, 2.45) is 5.92 Å². The number of imide groups is 1. The van der Waals surface area contributed by atoms with Gasteiger partial charge in [0.1, 0.15) is 11.9 Å². The average molecular weight is 329 g/mol. The number of urea groups is 1. The Labute approximate surface area is 119 Å². The van der Waals surface area contributed by atoms with E-state index in [-0.39, 0.29) is 18.4 Å². The molecule has 6 heteroatoms. The molecule has 1 heterocycles. The number of rotatable bonds is 3. The average Bonchev–Trinajstić information content (AvgIpc) is 2.60. The highest BCUT2D eigenvalue weighted by molar-refractivity contribution is 9.10. The Morgan fingerprint density at radius 1 is 1.42 bits per heavy atom. The van der Waals surface area contributed by atoms with E-state index in [0.29, 0.717) is 10.0 Å². The van der Waals surface area contributed by atoms with E-state index in [1.54, 1.807) is 12.1 Å². The molecule has 0 saturated carbocycles. The molecule has 2 rings (SSSR count). The normalized spacial score (nSPS) is 19.2. The lowest BCUT2D eigenvalue weighted by Crippen LogP contribution is -2.34. The van der Waals surface area contributed by atoms with E-state index in [1.165, 1.54) is 6.07 Å². The van der Waals surface area contributed by atoms with Crippen LogP contribution < -0.4 is 5.32 Å². The van der Waals surface area contributed by atoms with Gasteiger partial charge in [-0.05, 0) is 18.1 Å². The quantitative estimate of drug-likeness (QED) is 0.867. The fourth-order valence-corrected chi connectivity index (χ4v) is 2.30. The van der Waals surface area contributed by atoms with Gasteiger partial charge in [0.05, 0.1) is 6.54 Å². The zero-order valence-electron chi connectivity index (χ0n) is 10.6. The second-order valence-corrected chi connectivity index (χ2v) is 5.75. The van der Waals surface area contributed by atoms with E-state index in [1.807, 2.05) is 13.8 Å². The Bertz CT molecular complexity index is 533. The number of hydrogen-bond acceptors (Lipinski definition) is 2. The zero-order valence-corrected chi connectivity index (χ0v) is 12.2. The molecule has 0 spiro atoms. The Kier molecular flexibility index (Phi) is 3.89. The summed E-state index contributed by atoms with van der Waals surface area (Å²) < 4.78 is 14.3. The first-order valence-electron chi connectivity index (χ1n) is 5.96. The molecule has 1 aromatic rings. The first-order valence-corrected chi connectivity index (χ1v) is 6.75. The molecule has 3 amide bonds. The van der Waals surface area contributed by atoms with Crippen LogP contribution in [-0.2, 0) is 11.3 Å². The summed E-state index contributed by atoms with van der Waals surface area (Å²) in [6.07, 6.45) is 0. The van der Waals surface area contributed by atoms with Crippen LogP contribution in [0.3, 0.4) is 0 Å². The van der Waals surface area contributed by atoms with Gasteiger partial charge in [-0.1, -0.05) is 35.8 Å². The van der Waals surface area contributed by atoms with Gasteiger partial charge in [0.15, 0.2) is 0 Å². The van der Waals surface area contributed by atoms with Crippen molar-refractivity contribution in [3.63, 3.8) is 0 Å². The second-order valence-electron chi connectivity index (χ2n) is 4.83. The van der Waals surface area contributed by atoms with Gasteiger partial charge in [0, 0.05) is 10.0 Å².